The van der Waals surface area contributed by atoms with Crippen LogP contribution in [0.2, 0.25) is 10.0 Å². The van der Waals surface area contributed by atoms with Gasteiger partial charge in [0.2, 0.25) is 0 Å². The fraction of sp³-hybridized carbons (Fsp3) is 0.100. The highest BCUT2D eigenvalue weighted by Crippen LogP contribution is 2.36. The second-order valence-corrected chi connectivity index (χ2v) is 7.13. The largest absolute Gasteiger partial charge is 0.417 e. The Kier molecular flexibility index (Phi) is 6.38. The maximum absolute atomic E-state index is 12.9. The van der Waals surface area contributed by atoms with Crippen LogP contribution in [-0.4, -0.2) is 11.0 Å². The van der Waals surface area contributed by atoms with Crippen LogP contribution >= 0.6 is 23.2 Å². The maximum atomic E-state index is 12.9. The van der Waals surface area contributed by atoms with Crippen molar-refractivity contribution in [1.29, 1.82) is 0 Å². The average molecular weight is 455 g/mol. The molecule has 5 nitrogen and oxygen atoms in total. The van der Waals surface area contributed by atoms with Crippen LogP contribution in [0.15, 0.2) is 54.7 Å². The van der Waals surface area contributed by atoms with Crippen LogP contribution in [0.3, 0.4) is 0 Å². The van der Waals surface area contributed by atoms with Crippen LogP contribution in [0.4, 0.5) is 29.5 Å². The first kappa shape index (κ1) is 21.7. The van der Waals surface area contributed by atoms with Crippen molar-refractivity contribution in [3.8, 4) is 11.1 Å². The molecule has 0 aliphatic carbocycles. The number of carbonyl (C=O) groups is 1. The number of alkyl halides is 3. The fourth-order valence-corrected chi connectivity index (χ4v) is 3.09. The molecule has 30 heavy (non-hydrogen) atoms. The average Bonchev–Trinajstić information content (AvgIpc) is 2.69. The molecule has 0 fully saturated rings. The van der Waals surface area contributed by atoms with E-state index in [-0.39, 0.29) is 12.2 Å². The Labute approximate surface area is 180 Å². The van der Waals surface area contributed by atoms with Gasteiger partial charge in [-0.15, -0.1) is 0 Å². The van der Waals surface area contributed by atoms with Crippen LogP contribution in [0, 0.1) is 0 Å². The second kappa shape index (κ2) is 8.81. The summed E-state index contributed by atoms with van der Waals surface area (Å²) in [4.78, 5) is 16.1. The Morgan fingerprint density at radius 1 is 1.10 bits per heavy atom. The monoisotopic (exact) mass is 454 g/mol. The Balaban J connectivity index is 1.68. The van der Waals surface area contributed by atoms with Crippen molar-refractivity contribution in [2.45, 2.75) is 12.7 Å². The van der Waals surface area contributed by atoms with Gasteiger partial charge in [0.15, 0.2) is 0 Å². The van der Waals surface area contributed by atoms with Gasteiger partial charge in [0, 0.05) is 24.0 Å². The number of hydrogen-bond acceptors (Lipinski definition) is 3. The number of nitrogens with one attached hydrogen (secondary N) is 2. The molecule has 3 aromatic rings. The Morgan fingerprint density at radius 2 is 1.87 bits per heavy atom. The Bertz CT molecular complexity index is 1090. The number of rotatable bonds is 4. The molecule has 0 spiro atoms. The van der Waals surface area contributed by atoms with Crippen LogP contribution < -0.4 is 16.4 Å². The molecule has 1 aromatic heterocycles. The fourth-order valence-electron chi connectivity index (χ4n) is 2.71. The van der Waals surface area contributed by atoms with E-state index in [1.165, 1.54) is 12.3 Å². The van der Waals surface area contributed by atoms with Crippen LogP contribution in [0.25, 0.3) is 11.1 Å². The van der Waals surface area contributed by atoms with Gasteiger partial charge in [-0.25, -0.2) is 9.78 Å². The van der Waals surface area contributed by atoms with E-state index in [2.05, 4.69) is 15.6 Å². The topological polar surface area (TPSA) is 80.0 Å². The molecule has 0 atom stereocenters. The van der Waals surface area contributed by atoms with E-state index in [9.17, 15) is 18.0 Å². The Morgan fingerprint density at radius 3 is 2.60 bits per heavy atom. The molecular formula is C20H15Cl2F3N4O. The van der Waals surface area contributed by atoms with E-state index in [0.717, 1.165) is 23.3 Å². The molecule has 0 saturated carbocycles. The SMILES string of the molecule is Nc1ncc(Cl)cc1-c1cccc(CNC(=O)Nc2ccc(Cl)c(C(F)(F)F)c2)c1. The number of aromatic nitrogens is 1. The summed E-state index contributed by atoms with van der Waals surface area (Å²) in [6, 6.07) is 11.3. The van der Waals surface area contributed by atoms with E-state index in [1.807, 2.05) is 6.07 Å². The molecule has 0 radical (unpaired) electrons. The Hall–Kier alpha value is -2.97. The lowest BCUT2D eigenvalue weighted by atomic mass is 10.0. The summed E-state index contributed by atoms with van der Waals surface area (Å²) >= 11 is 11.5. The van der Waals surface area contributed by atoms with E-state index < -0.39 is 22.8 Å². The number of amides is 2. The number of anilines is 2. The van der Waals surface area contributed by atoms with E-state index in [0.29, 0.717) is 16.4 Å². The quantitative estimate of drug-likeness (QED) is 0.453. The number of nitrogens with two attached hydrogens (primary N) is 1. The molecule has 2 aromatic carbocycles. The lowest BCUT2D eigenvalue weighted by molar-refractivity contribution is -0.137. The molecule has 2 amide bonds. The van der Waals surface area contributed by atoms with Crippen LogP contribution in [-0.2, 0) is 12.7 Å². The molecule has 4 N–H and O–H groups in total. The zero-order valence-corrected chi connectivity index (χ0v) is 16.7. The minimum atomic E-state index is -4.62. The zero-order valence-electron chi connectivity index (χ0n) is 15.2. The van der Waals surface area contributed by atoms with Crippen molar-refractivity contribution < 1.29 is 18.0 Å². The minimum absolute atomic E-state index is 0.0317. The summed E-state index contributed by atoms with van der Waals surface area (Å²) in [5.41, 5.74) is 6.99. The third-order valence-corrected chi connectivity index (χ3v) is 4.64. The van der Waals surface area contributed by atoms with Gasteiger partial charge in [-0.1, -0.05) is 41.4 Å². The normalized spacial score (nSPS) is 11.2. The first-order chi connectivity index (χ1) is 14.1. The number of nitrogen functional groups attached to an aromatic ring is 1. The molecule has 0 aliphatic heterocycles. The molecule has 0 unspecified atom stereocenters. The summed E-state index contributed by atoms with van der Waals surface area (Å²) in [5, 5.41) is 4.94. The standard InChI is InChI=1S/C20H15Cl2F3N4O/c21-13-7-15(18(26)27-10-13)12-3-1-2-11(6-12)9-28-19(30)29-14-4-5-17(22)16(8-14)20(23,24)25/h1-8,10H,9H2,(H2,26,27)(H2,28,29,30). The predicted octanol–water partition coefficient (Wildman–Crippen LogP) is 5.98. The highest BCUT2D eigenvalue weighted by Gasteiger charge is 2.33. The highest BCUT2D eigenvalue weighted by molar-refractivity contribution is 6.31. The number of hydrogen-bond donors (Lipinski definition) is 3. The molecule has 3 rings (SSSR count). The van der Waals surface area contributed by atoms with Gasteiger partial charge in [-0.05, 0) is 41.5 Å². The van der Waals surface area contributed by atoms with Gasteiger partial charge in [0.1, 0.15) is 5.82 Å². The lowest BCUT2D eigenvalue weighted by Crippen LogP contribution is -2.28. The van der Waals surface area contributed by atoms with Crippen molar-refractivity contribution in [2.75, 3.05) is 11.1 Å². The number of nitrogens with zero attached hydrogens (tertiary/aromatic N) is 1. The van der Waals surface area contributed by atoms with Gasteiger partial charge in [-0.2, -0.15) is 13.2 Å². The van der Waals surface area contributed by atoms with Crippen molar-refractivity contribution in [2.24, 2.45) is 0 Å². The number of urea groups is 1. The first-order valence-corrected chi connectivity index (χ1v) is 9.31. The van der Waals surface area contributed by atoms with E-state index in [1.54, 1.807) is 24.3 Å². The van der Waals surface area contributed by atoms with Crippen LogP contribution in [0.5, 0.6) is 0 Å². The number of halogens is 5. The third-order valence-electron chi connectivity index (χ3n) is 4.11. The molecular weight excluding hydrogens is 440 g/mol. The number of pyridine rings is 1. The van der Waals surface area contributed by atoms with Crippen molar-refractivity contribution in [3.05, 3.63) is 75.9 Å². The summed E-state index contributed by atoms with van der Waals surface area (Å²) < 4.78 is 38.8. The third kappa shape index (κ3) is 5.34. The molecule has 0 aliphatic rings. The van der Waals surface area contributed by atoms with Crippen molar-refractivity contribution >= 4 is 40.7 Å². The van der Waals surface area contributed by atoms with E-state index >= 15 is 0 Å². The predicted molar refractivity (Wildman–Crippen MR) is 111 cm³/mol. The highest BCUT2D eigenvalue weighted by atomic mass is 35.5. The van der Waals surface area contributed by atoms with Gasteiger partial charge < -0.3 is 16.4 Å². The number of carbonyl (C=O) groups excluding carboxylic acids is 1. The van der Waals surface area contributed by atoms with Crippen molar-refractivity contribution in [1.82, 2.24) is 10.3 Å². The summed E-state index contributed by atoms with van der Waals surface area (Å²) in [6.45, 7) is 0.132. The molecule has 10 heteroatoms. The van der Waals surface area contributed by atoms with Gasteiger partial charge in [0.25, 0.3) is 0 Å². The summed E-state index contributed by atoms with van der Waals surface area (Å²) in [5.74, 6) is 0.311. The lowest BCUT2D eigenvalue weighted by Gasteiger charge is -2.13. The second-order valence-electron chi connectivity index (χ2n) is 6.29. The molecule has 156 valence electrons. The van der Waals surface area contributed by atoms with Gasteiger partial charge in [-0.3, -0.25) is 0 Å². The molecule has 1 heterocycles. The first-order valence-electron chi connectivity index (χ1n) is 8.55. The molecule has 0 saturated heterocycles. The smallest absolute Gasteiger partial charge is 0.383 e. The van der Waals surface area contributed by atoms with Crippen molar-refractivity contribution in [3.63, 3.8) is 0 Å². The van der Waals surface area contributed by atoms with Crippen LogP contribution in [0.1, 0.15) is 11.1 Å². The summed E-state index contributed by atoms with van der Waals surface area (Å²) in [6.07, 6.45) is -3.18. The van der Waals surface area contributed by atoms with Gasteiger partial charge >= 0.3 is 12.2 Å². The number of benzene rings is 2. The summed E-state index contributed by atoms with van der Waals surface area (Å²) in [7, 11) is 0. The maximum Gasteiger partial charge on any atom is 0.417 e. The van der Waals surface area contributed by atoms with Gasteiger partial charge in [0.05, 0.1) is 15.6 Å². The van der Waals surface area contributed by atoms with E-state index in [4.69, 9.17) is 28.9 Å². The minimum Gasteiger partial charge on any atom is -0.383 e. The zero-order chi connectivity index (χ0) is 21.9. The molecule has 0 bridgehead atoms.